The summed E-state index contributed by atoms with van der Waals surface area (Å²) in [5.74, 6) is 1.09. The minimum atomic E-state index is -2.41. The van der Waals surface area contributed by atoms with Crippen LogP contribution in [0.25, 0.3) is 16.9 Å². The molecule has 2 saturated heterocycles. The number of allylic oxidation sites excluding steroid dienone is 1. The molecule has 2 aliphatic heterocycles. The molecule has 39 heavy (non-hydrogen) atoms. The van der Waals surface area contributed by atoms with E-state index >= 15 is 0 Å². The molecule has 202 valence electrons. The fourth-order valence-electron chi connectivity index (χ4n) is 5.46. The smallest absolute Gasteiger partial charge is 0.278 e. The summed E-state index contributed by atoms with van der Waals surface area (Å²) in [6.07, 6.45) is 7.47. The number of likely N-dealkylation sites (N-methyl/N-ethyl adjacent to an activating group) is 1. The van der Waals surface area contributed by atoms with Crippen LogP contribution in [-0.2, 0) is 16.3 Å². The summed E-state index contributed by atoms with van der Waals surface area (Å²) >= 11 is 0. The Hall–Kier alpha value is -4.03. The molecule has 0 spiro atoms. The second-order valence-electron chi connectivity index (χ2n) is 10.4. The van der Waals surface area contributed by atoms with Gasteiger partial charge in [0.05, 0.1) is 6.54 Å². The summed E-state index contributed by atoms with van der Waals surface area (Å²) in [5, 5.41) is 3.62. The first-order chi connectivity index (χ1) is 18.7. The summed E-state index contributed by atoms with van der Waals surface area (Å²) in [6, 6.07) is 14.7. The Kier molecular flexibility index (Phi) is 6.23. The molecule has 0 saturated carbocycles. The van der Waals surface area contributed by atoms with Crippen molar-refractivity contribution < 1.29 is 4.21 Å². The average Bonchev–Trinajstić information content (AvgIpc) is 3.55. The number of fused-ring (bicyclic) bond motifs is 3. The van der Waals surface area contributed by atoms with Crippen LogP contribution in [0.5, 0.6) is 0 Å². The fraction of sp³-hybridized carbons (Fsp3) is 0.333. The standard InChI is InChI=1S/C27H31N9O2S/c1-5-13-35-26(37)22-15-28-27(31-25(22)36(35)24-8-6-7-23(30-24)32-39(3,4)38)29-18-9-11-19(12-10-18)34-17-20-14-21(34)16-33(20)2/h5-12,15,20-21H,1,13-14,16-17H2,2-4H3,(H,28,29,31)/t20-,21-/m0/s1. The van der Waals surface area contributed by atoms with Crippen molar-refractivity contribution in [3.8, 4) is 5.82 Å². The summed E-state index contributed by atoms with van der Waals surface area (Å²) < 4.78 is 19.6. The minimum absolute atomic E-state index is 0.245. The van der Waals surface area contributed by atoms with Gasteiger partial charge >= 0.3 is 0 Å². The van der Waals surface area contributed by atoms with E-state index in [1.165, 1.54) is 23.0 Å². The molecular weight excluding hydrogens is 514 g/mol. The second kappa shape index (κ2) is 9.62. The highest BCUT2D eigenvalue weighted by molar-refractivity contribution is 7.92. The molecule has 0 aliphatic carbocycles. The molecule has 3 aromatic heterocycles. The molecule has 2 atom stereocenters. The fourth-order valence-corrected chi connectivity index (χ4v) is 6.01. The van der Waals surface area contributed by atoms with E-state index in [1.807, 2.05) is 12.1 Å². The van der Waals surface area contributed by atoms with Crippen molar-refractivity contribution in [1.29, 1.82) is 0 Å². The van der Waals surface area contributed by atoms with E-state index in [4.69, 9.17) is 4.98 Å². The Labute approximate surface area is 227 Å². The molecule has 0 amide bonds. The number of pyridine rings is 1. The van der Waals surface area contributed by atoms with Crippen LogP contribution in [0.3, 0.4) is 0 Å². The maximum atomic E-state index is 13.2. The average molecular weight is 546 g/mol. The van der Waals surface area contributed by atoms with Gasteiger partial charge in [0.1, 0.15) is 5.39 Å². The van der Waals surface area contributed by atoms with Gasteiger partial charge in [0.15, 0.2) is 17.3 Å². The quantitative estimate of drug-likeness (QED) is 0.353. The second-order valence-corrected chi connectivity index (χ2v) is 12.9. The van der Waals surface area contributed by atoms with Crippen molar-refractivity contribution >= 4 is 43.9 Å². The van der Waals surface area contributed by atoms with Gasteiger partial charge in [0.2, 0.25) is 5.95 Å². The van der Waals surface area contributed by atoms with E-state index in [9.17, 15) is 9.00 Å². The Morgan fingerprint density at radius 1 is 1.13 bits per heavy atom. The predicted molar refractivity (Wildman–Crippen MR) is 155 cm³/mol. The molecule has 5 heterocycles. The lowest BCUT2D eigenvalue weighted by Crippen LogP contribution is -2.44. The molecule has 0 unspecified atom stereocenters. The number of rotatable bonds is 7. The lowest BCUT2D eigenvalue weighted by molar-refractivity contribution is 0.292. The van der Waals surface area contributed by atoms with Gasteiger partial charge in [-0.05, 0) is 49.9 Å². The van der Waals surface area contributed by atoms with E-state index in [-0.39, 0.29) is 12.1 Å². The SMILES string of the molecule is C=CCn1c(=O)c2cnc(Nc3ccc(N4C[C@@H]5C[C@H]4CN5C)cc3)nc2n1-c1cccc(N=S(C)(C)=O)n1. The van der Waals surface area contributed by atoms with Crippen LogP contribution < -0.4 is 15.8 Å². The molecule has 2 bridgehead atoms. The molecular formula is C27H31N9O2S. The largest absolute Gasteiger partial charge is 0.366 e. The number of likely N-dealkylation sites (tertiary alicyclic amines) is 1. The van der Waals surface area contributed by atoms with Crippen molar-refractivity contribution in [3.05, 3.63) is 71.7 Å². The first-order valence-corrected chi connectivity index (χ1v) is 15.1. The van der Waals surface area contributed by atoms with Crippen molar-refractivity contribution in [2.45, 2.75) is 25.0 Å². The number of anilines is 3. The van der Waals surface area contributed by atoms with Gasteiger partial charge in [0.25, 0.3) is 5.56 Å². The normalized spacial score (nSPS) is 19.1. The molecule has 4 aromatic rings. The van der Waals surface area contributed by atoms with Gasteiger partial charge in [-0.2, -0.15) is 9.35 Å². The maximum Gasteiger partial charge on any atom is 0.278 e. The number of nitrogens with zero attached hydrogens (tertiary/aromatic N) is 8. The minimum Gasteiger partial charge on any atom is -0.366 e. The summed E-state index contributed by atoms with van der Waals surface area (Å²) in [5.41, 5.74) is 2.20. The lowest BCUT2D eigenvalue weighted by Gasteiger charge is -2.33. The zero-order valence-electron chi connectivity index (χ0n) is 22.2. The Bertz CT molecular complexity index is 1740. The van der Waals surface area contributed by atoms with E-state index in [2.05, 4.69) is 55.2 Å². The number of piperazine rings is 1. The highest BCUT2D eigenvalue weighted by Gasteiger charge is 2.41. The van der Waals surface area contributed by atoms with Crippen LogP contribution in [0.4, 0.5) is 23.1 Å². The first kappa shape index (κ1) is 25.3. The maximum absolute atomic E-state index is 13.2. The topological polar surface area (TPSA) is 114 Å². The molecule has 6 rings (SSSR count). The van der Waals surface area contributed by atoms with Crippen LogP contribution in [0.2, 0.25) is 0 Å². The number of hydrogen-bond donors (Lipinski definition) is 1. The third-order valence-electron chi connectivity index (χ3n) is 7.20. The molecule has 0 radical (unpaired) electrons. The summed E-state index contributed by atoms with van der Waals surface area (Å²) in [6.45, 7) is 6.20. The molecule has 2 aliphatic rings. The van der Waals surface area contributed by atoms with Gasteiger partial charge in [-0.25, -0.2) is 23.5 Å². The van der Waals surface area contributed by atoms with Crippen molar-refractivity contribution in [2.24, 2.45) is 4.36 Å². The van der Waals surface area contributed by atoms with Crippen LogP contribution in [0, 0.1) is 0 Å². The van der Waals surface area contributed by atoms with Crippen LogP contribution in [-0.4, -0.2) is 78.2 Å². The molecule has 11 nitrogen and oxygen atoms in total. The van der Waals surface area contributed by atoms with Gasteiger partial charge in [-0.3, -0.25) is 9.69 Å². The number of aromatic nitrogens is 5. The zero-order chi connectivity index (χ0) is 27.3. The van der Waals surface area contributed by atoms with Crippen molar-refractivity contribution in [1.82, 2.24) is 29.2 Å². The lowest BCUT2D eigenvalue weighted by atomic mass is 10.2. The van der Waals surface area contributed by atoms with Gasteiger partial charge in [-0.1, -0.05) is 12.1 Å². The predicted octanol–water partition coefficient (Wildman–Crippen LogP) is 3.16. The molecule has 2 fully saturated rings. The van der Waals surface area contributed by atoms with Crippen LogP contribution in [0.1, 0.15) is 6.42 Å². The monoisotopic (exact) mass is 545 g/mol. The number of benzene rings is 1. The van der Waals surface area contributed by atoms with Crippen LogP contribution >= 0.6 is 0 Å². The van der Waals surface area contributed by atoms with E-state index in [0.717, 1.165) is 18.8 Å². The molecule has 12 heteroatoms. The number of nitrogens with one attached hydrogen (secondary N) is 1. The summed E-state index contributed by atoms with van der Waals surface area (Å²) in [7, 11) is -0.209. The summed E-state index contributed by atoms with van der Waals surface area (Å²) in [4.78, 5) is 31.8. The highest BCUT2D eigenvalue weighted by atomic mass is 32.2. The Balaban J connectivity index is 1.34. The molecule has 1 N–H and O–H groups in total. The first-order valence-electron chi connectivity index (χ1n) is 12.8. The van der Waals surface area contributed by atoms with Gasteiger partial charge in [0, 0.05) is 65.0 Å². The van der Waals surface area contributed by atoms with Gasteiger partial charge < -0.3 is 10.2 Å². The highest BCUT2D eigenvalue weighted by Crippen LogP contribution is 2.34. The zero-order valence-corrected chi connectivity index (χ0v) is 23.0. The van der Waals surface area contributed by atoms with E-state index in [1.54, 1.807) is 41.5 Å². The van der Waals surface area contributed by atoms with Gasteiger partial charge in [-0.15, -0.1) is 6.58 Å². The molecule has 1 aromatic carbocycles. The van der Waals surface area contributed by atoms with Crippen molar-refractivity contribution in [3.63, 3.8) is 0 Å². The van der Waals surface area contributed by atoms with E-state index in [0.29, 0.717) is 40.7 Å². The van der Waals surface area contributed by atoms with Crippen molar-refractivity contribution in [2.75, 3.05) is 42.9 Å². The Morgan fingerprint density at radius 2 is 1.92 bits per heavy atom. The van der Waals surface area contributed by atoms with E-state index < -0.39 is 9.73 Å². The Morgan fingerprint density at radius 3 is 2.59 bits per heavy atom. The third kappa shape index (κ3) is 4.81. The third-order valence-corrected chi connectivity index (χ3v) is 7.82. The number of hydrogen-bond acceptors (Lipinski definition) is 9. The van der Waals surface area contributed by atoms with Crippen LogP contribution in [0.15, 0.2) is 70.5 Å².